The molecule has 2 heterocycles. The molecule has 0 bridgehead atoms. The lowest BCUT2D eigenvalue weighted by Crippen LogP contribution is -2.17. The van der Waals surface area contributed by atoms with Gasteiger partial charge in [0.15, 0.2) is 0 Å². The minimum Gasteiger partial charge on any atom is -0.302 e. The van der Waals surface area contributed by atoms with Gasteiger partial charge in [0.2, 0.25) is 0 Å². The summed E-state index contributed by atoms with van der Waals surface area (Å²) in [4.78, 5) is 4.81. The third-order valence-corrected chi connectivity index (χ3v) is 11.3. The van der Waals surface area contributed by atoms with Crippen LogP contribution in [0.5, 0.6) is 0 Å². The maximum atomic E-state index is 2.42. The second-order valence-corrected chi connectivity index (χ2v) is 14.6. The van der Waals surface area contributed by atoms with Gasteiger partial charge < -0.3 is 9.80 Å². The van der Waals surface area contributed by atoms with Crippen LogP contribution in [0.1, 0.15) is 25.0 Å². The van der Waals surface area contributed by atoms with Gasteiger partial charge in [-0.2, -0.15) is 0 Å². The third-order valence-electron chi connectivity index (χ3n) is 9.60. The lowest BCUT2D eigenvalue weighted by Gasteiger charge is -2.28. The molecule has 0 radical (unpaired) electrons. The summed E-state index contributed by atoms with van der Waals surface area (Å²) in [5, 5.41) is 11.7. The average molecular weight is 641 g/mol. The van der Waals surface area contributed by atoms with Gasteiger partial charge >= 0.3 is 0 Å². The van der Waals surface area contributed by atoms with E-state index in [2.05, 4.69) is 180 Å². The predicted molar refractivity (Wildman–Crippen MR) is 204 cm³/mol. The van der Waals surface area contributed by atoms with E-state index in [1.165, 1.54) is 76.6 Å². The predicted octanol–water partition coefficient (Wildman–Crippen LogP) is 13.4. The molecule has 9 rings (SSSR count). The quantitative estimate of drug-likeness (QED) is 0.178. The SMILES string of the molecule is CC1(C)c2cc(N(c3ccc4ccccc4c3)c3cccs3)ccc2-c2ccc(N(c3ccc4ccccc4c3)c3cccs3)cc21. The van der Waals surface area contributed by atoms with E-state index in [1.807, 2.05) is 0 Å². The highest BCUT2D eigenvalue weighted by molar-refractivity contribution is 7.14. The van der Waals surface area contributed by atoms with Crippen LogP contribution < -0.4 is 9.80 Å². The van der Waals surface area contributed by atoms with Gasteiger partial charge in [-0.25, -0.2) is 0 Å². The Labute approximate surface area is 283 Å². The van der Waals surface area contributed by atoms with Gasteiger partial charge in [-0.3, -0.25) is 0 Å². The number of benzene rings is 6. The molecule has 1 aliphatic carbocycles. The molecule has 2 aromatic heterocycles. The van der Waals surface area contributed by atoms with Crippen LogP contribution in [0.3, 0.4) is 0 Å². The van der Waals surface area contributed by atoms with E-state index in [1.54, 1.807) is 22.7 Å². The van der Waals surface area contributed by atoms with Crippen molar-refractivity contribution in [1.82, 2.24) is 0 Å². The molecule has 0 atom stereocenters. The van der Waals surface area contributed by atoms with E-state index in [0.29, 0.717) is 0 Å². The first kappa shape index (κ1) is 28.1. The first-order chi connectivity index (χ1) is 23.0. The second-order valence-electron chi connectivity index (χ2n) is 12.7. The molecule has 2 nitrogen and oxygen atoms in total. The Morgan fingerprint density at radius 1 is 0.404 bits per heavy atom. The van der Waals surface area contributed by atoms with Crippen molar-refractivity contribution in [2.45, 2.75) is 19.3 Å². The highest BCUT2D eigenvalue weighted by atomic mass is 32.1. The van der Waals surface area contributed by atoms with Crippen molar-refractivity contribution in [3.05, 3.63) is 167 Å². The lowest BCUT2D eigenvalue weighted by atomic mass is 9.82. The summed E-state index contributed by atoms with van der Waals surface area (Å²) in [5.41, 5.74) is 9.88. The molecule has 0 spiro atoms. The van der Waals surface area contributed by atoms with Crippen molar-refractivity contribution in [2.75, 3.05) is 9.80 Å². The van der Waals surface area contributed by atoms with Gasteiger partial charge in [0.1, 0.15) is 0 Å². The minimum atomic E-state index is -0.175. The maximum Gasteiger partial charge on any atom is 0.0999 e. The van der Waals surface area contributed by atoms with Crippen LogP contribution >= 0.6 is 22.7 Å². The van der Waals surface area contributed by atoms with E-state index >= 15 is 0 Å². The maximum absolute atomic E-state index is 2.42. The Hall–Kier alpha value is -5.16. The Morgan fingerprint density at radius 3 is 1.23 bits per heavy atom. The van der Waals surface area contributed by atoms with Crippen LogP contribution in [0.15, 0.2) is 156 Å². The Bertz CT molecular complexity index is 2230. The van der Waals surface area contributed by atoms with E-state index < -0.39 is 0 Å². The molecule has 0 N–H and O–H groups in total. The topological polar surface area (TPSA) is 6.48 Å². The number of fused-ring (bicyclic) bond motifs is 5. The number of thiophene rings is 2. The first-order valence-electron chi connectivity index (χ1n) is 16.0. The fourth-order valence-corrected chi connectivity index (χ4v) is 8.76. The standard InChI is InChI=1S/C43H32N2S2/c1-43(2)39-27-35(44(41-13-7-23-46-41)33-17-15-29-9-3-5-11-31(29)25-33)19-21-37(39)38-22-20-36(28-40(38)43)45(42-14-8-24-47-42)34-18-16-30-10-4-6-12-32(30)26-34/h3-28H,1-2H3. The van der Waals surface area contributed by atoms with Crippen LogP contribution in [0.25, 0.3) is 32.7 Å². The second kappa shape index (κ2) is 11.0. The van der Waals surface area contributed by atoms with Crippen molar-refractivity contribution >= 4 is 77.0 Å². The average Bonchev–Trinajstić information content (AvgIpc) is 3.88. The molecule has 0 fully saturated rings. The summed E-state index contributed by atoms with van der Waals surface area (Å²) in [7, 11) is 0. The lowest BCUT2D eigenvalue weighted by molar-refractivity contribution is 0.660. The van der Waals surface area contributed by atoms with E-state index in [-0.39, 0.29) is 5.41 Å². The summed E-state index contributed by atoms with van der Waals surface area (Å²) in [6.45, 7) is 4.75. The van der Waals surface area contributed by atoms with Gasteiger partial charge in [-0.15, -0.1) is 22.7 Å². The molecule has 0 aliphatic heterocycles. The first-order valence-corrected chi connectivity index (χ1v) is 17.7. The fraction of sp³-hybridized carbons (Fsp3) is 0.0698. The summed E-state index contributed by atoms with van der Waals surface area (Å²) in [6, 6.07) is 53.5. The van der Waals surface area contributed by atoms with Crippen molar-refractivity contribution < 1.29 is 0 Å². The zero-order chi connectivity index (χ0) is 31.5. The van der Waals surface area contributed by atoms with Gasteiger partial charge in [0.25, 0.3) is 0 Å². The number of nitrogens with zero attached hydrogens (tertiary/aromatic N) is 2. The molecular weight excluding hydrogens is 609 g/mol. The Morgan fingerprint density at radius 2 is 0.809 bits per heavy atom. The molecule has 0 saturated carbocycles. The number of hydrogen-bond donors (Lipinski definition) is 0. The molecular formula is C43H32N2S2. The molecule has 0 amide bonds. The summed E-state index contributed by atoms with van der Waals surface area (Å²) in [6.07, 6.45) is 0. The molecule has 47 heavy (non-hydrogen) atoms. The normalized spacial score (nSPS) is 13.1. The van der Waals surface area contributed by atoms with Gasteiger partial charge in [-0.05, 0) is 127 Å². The van der Waals surface area contributed by atoms with Gasteiger partial charge in [-0.1, -0.05) is 86.6 Å². The smallest absolute Gasteiger partial charge is 0.0999 e. The summed E-state index contributed by atoms with van der Waals surface area (Å²) < 4.78 is 0. The van der Waals surface area contributed by atoms with E-state index in [4.69, 9.17) is 0 Å². The number of hydrogen-bond acceptors (Lipinski definition) is 4. The zero-order valence-corrected chi connectivity index (χ0v) is 27.9. The molecule has 6 aromatic carbocycles. The van der Waals surface area contributed by atoms with E-state index in [9.17, 15) is 0 Å². The highest BCUT2D eigenvalue weighted by Crippen LogP contribution is 2.53. The number of anilines is 6. The van der Waals surface area contributed by atoms with Crippen molar-refractivity contribution in [3.8, 4) is 11.1 Å². The monoisotopic (exact) mass is 640 g/mol. The Balaban J connectivity index is 1.15. The largest absolute Gasteiger partial charge is 0.302 e. The van der Waals surface area contributed by atoms with Crippen LogP contribution in [0, 0.1) is 0 Å². The number of rotatable bonds is 6. The van der Waals surface area contributed by atoms with E-state index in [0.717, 1.165) is 0 Å². The summed E-state index contributed by atoms with van der Waals surface area (Å²) in [5.74, 6) is 0. The fourth-order valence-electron chi connectivity index (χ4n) is 7.22. The van der Waals surface area contributed by atoms with Gasteiger partial charge in [0, 0.05) is 28.2 Å². The zero-order valence-electron chi connectivity index (χ0n) is 26.2. The molecule has 0 unspecified atom stereocenters. The van der Waals surface area contributed by atoms with Crippen molar-refractivity contribution in [1.29, 1.82) is 0 Å². The minimum absolute atomic E-state index is 0.175. The molecule has 8 aromatic rings. The Kier molecular flexibility index (Phi) is 6.56. The summed E-state index contributed by atoms with van der Waals surface area (Å²) >= 11 is 3.54. The highest BCUT2D eigenvalue weighted by Gasteiger charge is 2.37. The van der Waals surface area contributed by atoms with Crippen molar-refractivity contribution in [3.63, 3.8) is 0 Å². The molecule has 226 valence electrons. The van der Waals surface area contributed by atoms with Crippen molar-refractivity contribution in [2.24, 2.45) is 0 Å². The third kappa shape index (κ3) is 4.67. The van der Waals surface area contributed by atoms with Crippen LogP contribution in [0.2, 0.25) is 0 Å². The molecule has 0 saturated heterocycles. The van der Waals surface area contributed by atoms with Crippen LogP contribution in [-0.2, 0) is 5.41 Å². The molecule has 4 heteroatoms. The van der Waals surface area contributed by atoms with Gasteiger partial charge in [0.05, 0.1) is 10.0 Å². The molecule has 1 aliphatic rings. The van der Waals surface area contributed by atoms with Crippen LogP contribution in [0.4, 0.5) is 32.8 Å². The van der Waals surface area contributed by atoms with Crippen LogP contribution in [-0.4, -0.2) is 0 Å².